The first-order valence-electron chi connectivity index (χ1n) is 7.39. The number of anilines is 1. The number of hydrogen-bond donors (Lipinski definition) is 2. The second-order valence-corrected chi connectivity index (χ2v) is 6.72. The van der Waals surface area contributed by atoms with E-state index in [0.717, 1.165) is 36.6 Å². The second-order valence-electron chi connectivity index (χ2n) is 6.72. The molecule has 0 saturated carbocycles. The Morgan fingerprint density at radius 3 is 2.76 bits per heavy atom. The molecule has 3 N–H and O–H groups in total. The Hall–Kier alpha value is -1.76. The zero-order chi connectivity index (χ0) is 15.2. The first-order chi connectivity index (χ1) is 9.85. The molecule has 0 bridgehead atoms. The Labute approximate surface area is 124 Å². The maximum Gasteiger partial charge on any atom is 0.410 e. The van der Waals surface area contributed by atoms with Gasteiger partial charge in [-0.1, -0.05) is 0 Å². The van der Waals surface area contributed by atoms with Crippen molar-refractivity contribution < 1.29 is 9.53 Å². The summed E-state index contributed by atoms with van der Waals surface area (Å²) in [6.45, 7) is 8.54. The SMILES string of the molecule is CC(C)(C)OC(=O)N1CC(n2nc3c(c2N)CNCC3)C1. The number of carbonyl (C=O) groups excluding carboxylic acids is 1. The number of nitrogens with one attached hydrogen (secondary N) is 1. The Kier molecular flexibility index (Phi) is 3.32. The number of likely N-dealkylation sites (tertiary alicyclic amines) is 1. The number of nitrogens with two attached hydrogens (primary N) is 1. The number of carbonyl (C=O) groups is 1. The van der Waals surface area contributed by atoms with Crippen molar-refractivity contribution in [3.63, 3.8) is 0 Å². The highest BCUT2D eigenvalue weighted by Crippen LogP contribution is 2.29. The number of ether oxygens (including phenoxy) is 1. The largest absolute Gasteiger partial charge is 0.444 e. The van der Waals surface area contributed by atoms with Crippen LogP contribution in [0.15, 0.2) is 0 Å². The zero-order valence-corrected chi connectivity index (χ0v) is 12.8. The maximum atomic E-state index is 11.9. The fourth-order valence-corrected chi connectivity index (χ4v) is 2.71. The monoisotopic (exact) mass is 293 g/mol. The molecule has 1 amide bonds. The third-order valence-electron chi connectivity index (χ3n) is 3.83. The van der Waals surface area contributed by atoms with E-state index < -0.39 is 5.60 Å². The van der Waals surface area contributed by atoms with Crippen LogP contribution in [0.4, 0.5) is 10.6 Å². The average Bonchev–Trinajstić information content (AvgIpc) is 2.64. The predicted molar refractivity (Wildman–Crippen MR) is 78.9 cm³/mol. The number of amides is 1. The Morgan fingerprint density at radius 2 is 2.14 bits per heavy atom. The normalized spacial score (nSPS) is 19.1. The summed E-state index contributed by atoms with van der Waals surface area (Å²) < 4.78 is 7.23. The molecule has 7 nitrogen and oxygen atoms in total. The van der Waals surface area contributed by atoms with E-state index in [9.17, 15) is 4.79 Å². The van der Waals surface area contributed by atoms with Gasteiger partial charge in [0, 0.05) is 38.2 Å². The summed E-state index contributed by atoms with van der Waals surface area (Å²) in [7, 11) is 0. The van der Waals surface area contributed by atoms with Crippen LogP contribution >= 0.6 is 0 Å². The molecule has 0 radical (unpaired) electrons. The van der Waals surface area contributed by atoms with Gasteiger partial charge >= 0.3 is 6.09 Å². The minimum absolute atomic E-state index is 0.156. The standard InChI is InChI=1S/C14H23N5O2/c1-14(2,3)21-13(20)18-7-9(8-18)19-12(15)10-6-16-5-4-11(10)17-19/h9,16H,4-8,15H2,1-3H3. The number of aromatic nitrogens is 2. The molecule has 1 aromatic heterocycles. The number of nitrogen functional groups attached to an aromatic ring is 1. The fraction of sp³-hybridized carbons (Fsp3) is 0.714. The lowest BCUT2D eigenvalue weighted by Crippen LogP contribution is -2.52. The number of rotatable bonds is 1. The Morgan fingerprint density at radius 1 is 1.43 bits per heavy atom. The fourth-order valence-electron chi connectivity index (χ4n) is 2.71. The quantitative estimate of drug-likeness (QED) is 0.803. The average molecular weight is 293 g/mol. The predicted octanol–water partition coefficient (Wildman–Crippen LogP) is 0.903. The third kappa shape index (κ3) is 2.70. The molecule has 3 rings (SSSR count). The molecule has 0 aliphatic carbocycles. The highest BCUT2D eigenvalue weighted by atomic mass is 16.6. The third-order valence-corrected chi connectivity index (χ3v) is 3.83. The molecule has 1 aromatic rings. The highest BCUT2D eigenvalue weighted by molar-refractivity contribution is 5.69. The van der Waals surface area contributed by atoms with Crippen LogP contribution in [0, 0.1) is 0 Å². The molecule has 2 aliphatic heterocycles. The van der Waals surface area contributed by atoms with Crippen molar-refractivity contribution in [3.05, 3.63) is 11.3 Å². The molecule has 0 atom stereocenters. The van der Waals surface area contributed by atoms with E-state index in [0.29, 0.717) is 13.1 Å². The summed E-state index contributed by atoms with van der Waals surface area (Å²) in [5.41, 5.74) is 7.92. The van der Waals surface area contributed by atoms with Crippen LogP contribution in [-0.4, -0.2) is 46.0 Å². The first-order valence-corrected chi connectivity index (χ1v) is 7.39. The molecule has 0 spiro atoms. The van der Waals surface area contributed by atoms with Crippen LogP contribution in [0.3, 0.4) is 0 Å². The minimum atomic E-state index is -0.461. The van der Waals surface area contributed by atoms with E-state index in [4.69, 9.17) is 10.5 Å². The van der Waals surface area contributed by atoms with Gasteiger partial charge in [0.15, 0.2) is 0 Å². The van der Waals surface area contributed by atoms with E-state index in [2.05, 4.69) is 10.4 Å². The van der Waals surface area contributed by atoms with Crippen LogP contribution in [0.5, 0.6) is 0 Å². The van der Waals surface area contributed by atoms with Crippen molar-refractivity contribution in [2.24, 2.45) is 0 Å². The van der Waals surface area contributed by atoms with Crippen molar-refractivity contribution in [2.45, 2.75) is 45.4 Å². The van der Waals surface area contributed by atoms with E-state index >= 15 is 0 Å². The van der Waals surface area contributed by atoms with Crippen molar-refractivity contribution in [3.8, 4) is 0 Å². The molecular weight excluding hydrogens is 270 g/mol. The second kappa shape index (κ2) is 4.91. The first kappa shape index (κ1) is 14.2. The van der Waals surface area contributed by atoms with Gasteiger partial charge < -0.3 is 20.7 Å². The van der Waals surface area contributed by atoms with E-state index in [1.54, 1.807) is 4.90 Å². The molecule has 1 fully saturated rings. The molecule has 0 aromatic carbocycles. The van der Waals surface area contributed by atoms with Crippen LogP contribution in [-0.2, 0) is 17.7 Å². The van der Waals surface area contributed by atoms with Gasteiger partial charge in [0.25, 0.3) is 0 Å². The Balaban J connectivity index is 1.64. The van der Waals surface area contributed by atoms with E-state index in [1.807, 2.05) is 25.5 Å². The van der Waals surface area contributed by atoms with Gasteiger partial charge in [-0.3, -0.25) is 0 Å². The maximum absolute atomic E-state index is 11.9. The Bertz CT molecular complexity index is 554. The van der Waals surface area contributed by atoms with Crippen molar-refractivity contribution in [2.75, 3.05) is 25.4 Å². The number of nitrogens with zero attached hydrogens (tertiary/aromatic N) is 3. The number of hydrogen-bond acceptors (Lipinski definition) is 5. The molecular formula is C14H23N5O2. The van der Waals surface area contributed by atoms with Crippen LogP contribution in [0.25, 0.3) is 0 Å². The number of fused-ring (bicyclic) bond motifs is 1. The lowest BCUT2D eigenvalue weighted by atomic mass is 10.1. The van der Waals surface area contributed by atoms with Gasteiger partial charge in [-0.05, 0) is 20.8 Å². The van der Waals surface area contributed by atoms with Crippen LogP contribution < -0.4 is 11.1 Å². The summed E-state index contributed by atoms with van der Waals surface area (Å²) in [6.07, 6.45) is 0.644. The van der Waals surface area contributed by atoms with Gasteiger partial charge in [-0.15, -0.1) is 0 Å². The van der Waals surface area contributed by atoms with Gasteiger partial charge in [0.2, 0.25) is 0 Å². The molecule has 2 aliphatic rings. The summed E-state index contributed by atoms with van der Waals surface area (Å²) in [4.78, 5) is 13.6. The minimum Gasteiger partial charge on any atom is -0.444 e. The molecule has 1 saturated heterocycles. The molecule has 116 valence electrons. The van der Waals surface area contributed by atoms with Crippen LogP contribution in [0.1, 0.15) is 38.1 Å². The van der Waals surface area contributed by atoms with Gasteiger partial charge in [-0.25, -0.2) is 9.48 Å². The van der Waals surface area contributed by atoms with Gasteiger partial charge in [-0.2, -0.15) is 5.10 Å². The van der Waals surface area contributed by atoms with Crippen LogP contribution in [0.2, 0.25) is 0 Å². The van der Waals surface area contributed by atoms with Crippen molar-refractivity contribution in [1.29, 1.82) is 0 Å². The molecule has 7 heteroatoms. The topological polar surface area (TPSA) is 85.4 Å². The molecule has 3 heterocycles. The summed E-state index contributed by atoms with van der Waals surface area (Å²) in [5.74, 6) is 0.728. The van der Waals surface area contributed by atoms with E-state index in [1.165, 1.54) is 0 Å². The lowest BCUT2D eigenvalue weighted by molar-refractivity contribution is -0.000149. The lowest BCUT2D eigenvalue weighted by Gasteiger charge is -2.39. The van der Waals surface area contributed by atoms with Gasteiger partial charge in [0.05, 0.1) is 11.7 Å². The zero-order valence-electron chi connectivity index (χ0n) is 12.8. The summed E-state index contributed by atoms with van der Waals surface area (Å²) in [5, 5.41) is 7.92. The van der Waals surface area contributed by atoms with E-state index in [-0.39, 0.29) is 12.1 Å². The smallest absolute Gasteiger partial charge is 0.410 e. The van der Waals surface area contributed by atoms with Gasteiger partial charge in [0.1, 0.15) is 11.4 Å². The highest BCUT2D eigenvalue weighted by Gasteiger charge is 2.37. The summed E-state index contributed by atoms with van der Waals surface area (Å²) >= 11 is 0. The van der Waals surface area contributed by atoms with Crippen molar-refractivity contribution >= 4 is 11.9 Å². The molecule has 0 unspecified atom stereocenters. The van der Waals surface area contributed by atoms with Crippen molar-refractivity contribution in [1.82, 2.24) is 20.0 Å². The summed E-state index contributed by atoms with van der Waals surface area (Å²) in [6, 6.07) is 0.156. The molecule has 21 heavy (non-hydrogen) atoms.